The van der Waals surface area contributed by atoms with E-state index >= 15 is 0 Å². The molecule has 1 nitrogen and oxygen atoms in total. The van der Waals surface area contributed by atoms with Crippen LogP contribution < -0.4 is 5.32 Å². The van der Waals surface area contributed by atoms with Crippen LogP contribution in [0.2, 0.25) is 0 Å². The summed E-state index contributed by atoms with van der Waals surface area (Å²) in [5.41, 5.74) is 1.74. The molecule has 0 aliphatic carbocycles. The Balaban J connectivity index is 2.09. The second kappa shape index (κ2) is 3.64. The fraction of sp³-hybridized carbons (Fsp3) is 0.600. The van der Waals surface area contributed by atoms with Crippen LogP contribution in [0, 0.1) is 0 Å². The Morgan fingerprint density at radius 3 is 3.00 bits per heavy atom. The van der Waals surface area contributed by atoms with Crippen molar-refractivity contribution in [2.45, 2.75) is 25.4 Å². The van der Waals surface area contributed by atoms with Gasteiger partial charge in [0.1, 0.15) is 0 Å². The molecule has 2 rings (SSSR count). The van der Waals surface area contributed by atoms with Crippen LogP contribution in [0.15, 0.2) is 16.8 Å². The van der Waals surface area contributed by atoms with Crippen molar-refractivity contribution in [1.82, 2.24) is 5.32 Å². The third-order valence-electron chi connectivity index (χ3n) is 2.26. The van der Waals surface area contributed by atoms with Crippen LogP contribution in [0.3, 0.4) is 0 Å². The van der Waals surface area contributed by atoms with Crippen LogP contribution in [0.25, 0.3) is 0 Å². The minimum atomic E-state index is 0.287. The van der Waals surface area contributed by atoms with Gasteiger partial charge in [-0.05, 0) is 36.2 Å². The average Bonchev–Trinajstić information content (AvgIpc) is 2.53. The summed E-state index contributed by atoms with van der Waals surface area (Å²) in [6.07, 6.45) is 0. The van der Waals surface area contributed by atoms with Crippen LogP contribution in [0.4, 0.5) is 0 Å². The van der Waals surface area contributed by atoms with E-state index in [1.165, 1.54) is 17.1 Å². The van der Waals surface area contributed by atoms with E-state index in [2.05, 4.69) is 47.8 Å². The number of thiophene rings is 1. The zero-order chi connectivity index (χ0) is 9.31. The summed E-state index contributed by atoms with van der Waals surface area (Å²) in [5, 5.41) is 8.09. The summed E-state index contributed by atoms with van der Waals surface area (Å²) in [6.45, 7) is 4.55. The third kappa shape index (κ3) is 2.27. The predicted octanol–water partition coefficient (Wildman–Crippen LogP) is 2.90. The Hall–Kier alpha value is 0.01000. The van der Waals surface area contributed by atoms with Crippen LogP contribution in [0.1, 0.15) is 25.5 Å². The monoisotopic (exact) mass is 213 g/mol. The molecule has 1 aromatic rings. The Kier molecular flexibility index (Phi) is 2.67. The van der Waals surface area contributed by atoms with E-state index in [4.69, 9.17) is 0 Å². The minimum Gasteiger partial charge on any atom is -0.303 e. The van der Waals surface area contributed by atoms with Gasteiger partial charge in [-0.3, -0.25) is 0 Å². The molecule has 0 amide bonds. The molecule has 1 saturated heterocycles. The highest BCUT2D eigenvalue weighted by Gasteiger charge is 2.28. The van der Waals surface area contributed by atoms with Gasteiger partial charge in [0.25, 0.3) is 0 Å². The van der Waals surface area contributed by atoms with Crippen molar-refractivity contribution in [3.63, 3.8) is 0 Å². The Morgan fingerprint density at radius 2 is 2.38 bits per heavy atom. The lowest BCUT2D eigenvalue weighted by atomic mass is 10.0. The second-order valence-electron chi connectivity index (χ2n) is 4.15. The number of hydrogen-bond donors (Lipinski definition) is 1. The lowest BCUT2D eigenvalue weighted by Gasteiger charge is -2.36. The highest BCUT2D eigenvalue weighted by atomic mass is 32.2. The second-order valence-corrected chi connectivity index (χ2v) is 5.96. The summed E-state index contributed by atoms with van der Waals surface area (Å²) < 4.78 is 0. The maximum atomic E-state index is 3.68. The van der Waals surface area contributed by atoms with Crippen molar-refractivity contribution in [1.29, 1.82) is 0 Å². The minimum absolute atomic E-state index is 0.287. The molecule has 0 spiro atoms. The molecule has 13 heavy (non-hydrogen) atoms. The summed E-state index contributed by atoms with van der Waals surface area (Å²) in [7, 11) is 0. The summed E-state index contributed by atoms with van der Waals surface area (Å²) in [5.74, 6) is 2.42. The molecule has 1 N–H and O–H groups in total. The van der Waals surface area contributed by atoms with E-state index in [-0.39, 0.29) is 5.54 Å². The number of rotatable bonds is 1. The van der Waals surface area contributed by atoms with Crippen LogP contribution in [-0.2, 0) is 0 Å². The summed E-state index contributed by atoms with van der Waals surface area (Å²) in [4.78, 5) is 0. The number of thioether (sulfide) groups is 1. The van der Waals surface area contributed by atoms with Gasteiger partial charge in [-0.15, -0.1) is 0 Å². The molecule has 1 atom stereocenters. The molecule has 3 heteroatoms. The van der Waals surface area contributed by atoms with Crippen molar-refractivity contribution in [2.24, 2.45) is 0 Å². The van der Waals surface area contributed by atoms with Gasteiger partial charge >= 0.3 is 0 Å². The van der Waals surface area contributed by atoms with Gasteiger partial charge in [0.2, 0.25) is 0 Å². The predicted molar refractivity (Wildman–Crippen MR) is 61.6 cm³/mol. The maximum Gasteiger partial charge on any atom is 0.0424 e. The fourth-order valence-electron chi connectivity index (χ4n) is 1.64. The largest absolute Gasteiger partial charge is 0.303 e. The summed E-state index contributed by atoms with van der Waals surface area (Å²) >= 11 is 3.83. The van der Waals surface area contributed by atoms with E-state index in [9.17, 15) is 0 Å². The van der Waals surface area contributed by atoms with Gasteiger partial charge in [-0.2, -0.15) is 23.1 Å². The van der Waals surface area contributed by atoms with E-state index in [1.54, 1.807) is 11.3 Å². The molecule has 1 unspecified atom stereocenters. The molecular weight excluding hydrogens is 198 g/mol. The molecule has 0 bridgehead atoms. The molecule has 1 aromatic heterocycles. The Bertz CT molecular complexity index is 266. The Morgan fingerprint density at radius 1 is 1.54 bits per heavy atom. The first kappa shape index (κ1) is 9.56. The first-order valence-corrected chi connectivity index (χ1v) is 6.65. The van der Waals surface area contributed by atoms with E-state index < -0.39 is 0 Å². The van der Waals surface area contributed by atoms with Crippen molar-refractivity contribution < 1.29 is 0 Å². The average molecular weight is 213 g/mol. The molecule has 1 aliphatic rings. The van der Waals surface area contributed by atoms with Gasteiger partial charge < -0.3 is 5.32 Å². The molecule has 0 radical (unpaired) electrons. The molecule has 1 aliphatic heterocycles. The van der Waals surface area contributed by atoms with Crippen molar-refractivity contribution in [3.05, 3.63) is 22.4 Å². The lowest BCUT2D eigenvalue weighted by molar-refractivity contribution is 0.376. The van der Waals surface area contributed by atoms with Crippen LogP contribution in [-0.4, -0.2) is 17.0 Å². The van der Waals surface area contributed by atoms with Crippen LogP contribution >= 0.6 is 23.1 Å². The number of nitrogens with one attached hydrogen (secondary N) is 1. The van der Waals surface area contributed by atoms with Gasteiger partial charge in [-0.25, -0.2) is 0 Å². The molecular formula is C10H15NS2. The molecule has 0 aromatic carbocycles. The first-order valence-electron chi connectivity index (χ1n) is 4.55. The quantitative estimate of drug-likeness (QED) is 0.770. The van der Waals surface area contributed by atoms with E-state index in [1.807, 2.05) is 0 Å². The molecule has 0 saturated carbocycles. The van der Waals surface area contributed by atoms with Crippen molar-refractivity contribution >= 4 is 23.1 Å². The highest BCUT2D eigenvalue weighted by Crippen LogP contribution is 2.29. The highest BCUT2D eigenvalue weighted by molar-refractivity contribution is 7.99. The number of hydrogen-bond acceptors (Lipinski definition) is 3. The lowest BCUT2D eigenvalue weighted by Crippen LogP contribution is -2.48. The molecule has 1 fully saturated rings. The normalized spacial score (nSPS) is 27.4. The van der Waals surface area contributed by atoms with E-state index in [0.717, 1.165) is 0 Å². The van der Waals surface area contributed by atoms with Gasteiger partial charge in [0, 0.05) is 23.1 Å². The zero-order valence-corrected chi connectivity index (χ0v) is 9.67. The zero-order valence-electron chi connectivity index (χ0n) is 8.04. The fourth-order valence-corrected chi connectivity index (χ4v) is 3.58. The first-order chi connectivity index (χ1) is 6.17. The standard InChI is InChI=1S/C10H15NS2/c1-10(2)7-13-6-9(11-10)8-3-4-12-5-8/h3-5,9,11H,6-7H2,1-2H3. The van der Waals surface area contributed by atoms with Crippen molar-refractivity contribution in [2.75, 3.05) is 11.5 Å². The third-order valence-corrected chi connectivity index (χ3v) is 4.45. The smallest absolute Gasteiger partial charge is 0.0424 e. The summed E-state index contributed by atoms with van der Waals surface area (Å²) in [6, 6.07) is 2.78. The topological polar surface area (TPSA) is 12.0 Å². The van der Waals surface area contributed by atoms with Crippen molar-refractivity contribution in [3.8, 4) is 0 Å². The van der Waals surface area contributed by atoms with Gasteiger partial charge in [-0.1, -0.05) is 0 Å². The van der Waals surface area contributed by atoms with Gasteiger partial charge in [0.05, 0.1) is 0 Å². The molecule has 2 heterocycles. The maximum absolute atomic E-state index is 3.68. The Labute approximate surface area is 87.9 Å². The van der Waals surface area contributed by atoms with Crippen LogP contribution in [0.5, 0.6) is 0 Å². The molecule has 72 valence electrons. The van der Waals surface area contributed by atoms with Gasteiger partial charge in [0.15, 0.2) is 0 Å². The SMILES string of the molecule is CC1(C)CSCC(c2ccsc2)N1. The van der Waals surface area contributed by atoms with E-state index in [0.29, 0.717) is 6.04 Å².